The van der Waals surface area contributed by atoms with Crippen molar-refractivity contribution in [3.63, 3.8) is 0 Å². The van der Waals surface area contributed by atoms with E-state index in [1.54, 1.807) is 7.05 Å². The third-order valence-electron chi connectivity index (χ3n) is 3.69. The third kappa shape index (κ3) is 3.67. The first-order chi connectivity index (χ1) is 10.4. The molecule has 0 aromatic heterocycles. The summed E-state index contributed by atoms with van der Waals surface area (Å²) in [6.45, 7) is 2.10. The van der Waals surface area contributed by atoms with Crippen LogP contribution in [-0.2, 0) is 16.0 Å². The maximum Gasteiger partial charge on any atom is 0.305 e. The van der Waals surface area contributed by atoms with Crippen LogP contribution in [0.25, 0.3) is 0 Å². The summed E-state index contributed by atoms with van der Waals surface area (Å²) in [5.41, 5.74) is 6.62. The first kappa shape index (κ1) is 16.1. The number of rotatable bonds is 6. The van der Waals surface area contributed by atoms with Crippen molar-refractivity contribution in [2.45, 2.75) is 31.8 Å². The number of amides is 1. The molecule has 3 N–H and O–H groups in total. The Balaban J connectivity index is 1.97. The Morgan fingerprint density at radius 2 is 2.05 bits per heavy atom. The Morgan fingerprint density at radius 1 is 1.36 bits per heavy atom. The van der Waals surface area contributed by atoms with Crippen molar-refractivity contribution >= 4 is 11.9 Å². The Labute approximate surface area is 128 Å². The molecule has 7 nitrogen and oxygen atoms in total. The van der Waals surface area contributed by atoms with Crippen LogP contribution in [0.3, 0.4) is 0 Å². The van der Waals surface area contributed by atoms with Crippen LogP contribution in [0, 0.1) is 0 Å². The fourth-order valence-electron chi connectivity index (χ4n) is 2.30. The normalized spacial score (nSPS) is 15.2. The SMILES string of the molecule is CC(Cc1ccc2c(c1)OCO2)N(C)C(=O)[C@@H](N)CC(=O)O. The van der Waals surface area contributed by atoms with E-state index in [1.807, 2.05) is 25.1 Å². The van der Waals surface area contributed by atoms with Gasteiger partial charge in [-0.15, -0.1) is 0 Å². The van der Waals surface area contributed by atoms with Crippen molar-refractivity contribution in [3.8, 4) is 11.5 Å². The molecule has 0 saturated carbocycles. The van der Waals surface area contributed by atoms with Crippen molar-refractivity contribution in [1.82, 2.24) is 4.90 Å². The zero-order chi connectivity index (χ0) is 16.3. The highest BCUT2D eigenvalue weighted by molar-refractivity contribution is 5.86. The molecule has 120 valence electrons. The molecule has 1 aliphatic heterocycles. The van der Waals surface area contributed by atoms with Crippen LogP contribution < -0.4 is 15.2 Å². The number of nitrogens with two attached hydrogens (primary N) is 1. The monoisotopic (exact) mass is 308 g/mol. The fraction of sp³-hybridized carbons (Fsp3) is 0.467. The smallest absolute Gasteiger partial charge is 0.305 e. The molecule has 1 unspecified atom stereocenters. The van der Waals surface area contributed by atoms with E-state index < -0.39 is 12.0 Å². The highest BCUT2D eigenvalue weighted by Crippen LogP contribution is 2.32. The molecular formula is C15H20N2O5. The Kier molecular flexibility index (Phi) is 4.87. The van der Waals surface area contributed by atoms with E-state index in [0.717, 1.165) is 5.56 Å². The molecule has 0 aliphatic carbocycles. The molecule has 2 rings (SSSR count). The number of carboxylic acid groups (broad SMARTS) is 1. The predicted octanol–water partition coefficient (Wildman–Crippen LogP) is 0.607. The predicted molar refractivity (Wildman–Crippen MR) is 78.7 cm³/mol. The zero-order valence-corrected chi connectivity index (χ0v) is 12.6. The largest absolute Gasteiger partial charge is 0.481 e. The maximum atomic E-state index is 12.1. The highest BCUT2D eigenvalue weighted by atomic mass is 16.7. The van der Waals surface area contributed by atoms with E-state index in [-0.39, 0.29) is 25.2 Å². The number of ether oxygens (including phenoxy) is 2. The first-order valence-electron chi connectivity index (χ1n) is 7.01. The molecule has 7 heteroatoms. The molecule has 1 aromatic carbocycles. The van der Waals surface area contributed by atoms with Crippen LogP contribution in [0.5, 0.6) is 11.5 Å². The number of carbonyl (C=O) groups is 2. The third-order valence-corrected chi connectivity index (χ3v) is 3.69. The van der Waals surface area contributed by atoms with Gasteiger partial charge in [0.05, 0.1) is 12.5 Å². The van der Waals surface area contributed by atoms with Crippen molar-refractivity contribution < 1.29 is 24.2 Å². The fourth-order valence-corrected chi connectivity index (χ4v) is 2.30. The topological polar surface area (TPSA) is 102 Å². The molecule has 0 spiro atoms. The lowest BCUT2D eigenvalue weighted by molar-refractivity contribution is -0.142. The number of aliphatic carboxylic acids is 1. The maximum absolute atomic E-state index is 12.1. The summed E-state index contributed by atoms with van der Waals surface area (Å²) in [5, 5.41) is 8.70. The van der Waals surface area contributed by atoms with Crippen molar-refractivity contribution in [1.29, 1.82) is 0 Å². The second-order valence-electron chi connectivity index (χ2n) is 5.39. The molecule has 1 aromatic rings. The number of hydrogen-bond donors (Lipinski definition) is 2. The van der Waals surface area contributed by atoms with Gasteiger partial charge in [0.15, 0.2) is 11.5 Å². The van der Waals surface area contributed by atoms with E-state index in [4.69, 9.17) is 20.3 Å². The van der Waals surface area contributed by atoms with Gasteiger partial charge in [0, 0.05) is 13.1 Å². The molecule has 0 bridgehead atoms. The molecule has 2 atom stereocenters. The summed E-state index contributed by atoms with van der Waals surface area (Å²) in [6, 6.07) is 4.49. The summed E-state index contributed by atoms with van der Waals surface area (Å²) in [6.07, 6.45) is 0.235. The Hall–Kier alpha value is -2.28. The van der Waals surface area contributed by atoms with Crippen LogP contribution >= 0.6 is 0 Å². The van der Waals surface area contributed by atoms with Crippen LogP contribution in [0.2, 0.25) is 0 Å². The van der Waals surface area contributed by atoms with Crippen LogP contribution in [0.15, 0.2) is 18.2 Å². The summed E-state index contributed by atoms with van der Waals surface area (Å²) in [5.74, 6) is -0.0566. The van der Waals surface area contributed by atoms with Gasteiger partial charge in [-0.2, -0.15) is 0 Å². The van der Waals surface area contributed by atoms with Crippen molar-refractivity contribution in [3.05, 3.63) is 23.8 Å². The molecule has 0 radical (unpaired) electrons. The molecule has 1 amide bonds. The number of benzene rings is 1. The van der Waals surface area contributed by atoms with E-state index in [1.165, 1.54) is 4.90 Å². The van der Waals surface area contributed by atoms with Gasteiger partial charge in [-0.1, -0.05) is 6.07 Å². The van der Waals surface area contributed by atoms with Crippen LogP contribution in [-0.4, -0.2) is 47.8 Å². The van der Waals surface area contributed by atoms with E-state index in [0.29, 0.717) is 17.9 Å². The lowest BCUT2D eigenvalue weighted by Gasteiger charge is -2.27. The van der Waals surface area contributed by atoms with Crippen LogP contribution in [0.1, 0.15) is 18.9 Å². The second kappa shape index (κ2) is 6.65. The first-order valence-corrected chi connectivity index (χ1v) is 7.01. The highest BCUT2D eigenvalue weighted by Gasteiger charge is 2.24. The van der Waals surface area contributed by atoms with Gasteiger partial charge in [-0.3, -0.25) is 9.59 Å². The van der Waals surface area contributed by atoms with Gasteiger partial charge in [0.2, 0.25) is 12.7 Å². The quantitative estimate of drug-likeness (QED) is 0.798. The second-order valence-corrected chi connectivity index (χ2v) is 5.39. The number of fused-ring (bicyclic) bond motifs is 1. The number of likely N-dealkylation sites (N-methyl/N-ethyl adjacent to an activating group) is 1. The number of hydrogen-bond acceptors (Lipinski definition) is 5. The number of carboxylic acids is 1. The van der Waals surface area contributed by atoms with Gasteiger partial charge in [-0.25, -0.2) is 0 Å². The van der Waals surface area contributed by atoms with E-state index in [9.17, 15) is 9.59 Å². The summed E-state index contributed by atoms with van der Waals surface area (Å²) >= 11 is 0. The number of carbonyl (C=O) groups excluding carboxylic acids is 1. The summed E-state index contributed by atoms with van der Waals surface area (Å²) in [7, 11) is 1.63. The van der Waals surface area contributed by atoms with Crippen molar-refractivity contribution in [2.75, 3.05) is 13.8 Å². The molecule has 1 heterocycles. The minimum atomic E-state index is -1.09. The minimum absolute atomic E-state index is 0.118. The molecule has 0 fully saturated rings. The van der Waals surface area contributed by atoms with E-state index in [2.05, 4.69) is 0 Å². The Morgan fingerprint density at radius 3 is 2.73 bits per heavy atom. The molecular weight excluding hydrogens is 288 g/mol. The standard InChI is InChI=1S/C15H20N2O5/c1-9(17(2)15(20)11(16)7-14(18)19)5-10-3-4-12-13(6-10)22-8-21-12/h3-4,6,9,11H,5,7-8,16H2,1-2H3,(H,18,19)/t9?,11-/m0/s1. The zero-order valence-electron chi connectivity index (χ0n) is 12.6. The van der Waals surface area contributed by atoms with Gasteiger partial charge in [0.1, 0.15) is 0 Å². The average molecular weight is 308 g/mol. The van der Waals surface area contributed by atoms with Gasteiger partial charge in [-0.05, 0) is 31.0 Å². The van der Waals surface area contributed by atoms with Gasteiger partial charge >= 0.3 is 5.97 Å². The average Bonchev–Trinajstić information content (AvgIpc) is 2.92. The van der Waals surface area contributed by atoms with Gasteiger partial charge < -0.3 is 25.2 Å². The molecule has 1 aliphatic rings. The summed E-state index contributed by atoms with van der Waals surface area (Å²) in [4.78, 5) is 24.2. The molecule has 0 saturated heterocycles. The van der Waals surface area contributed by atoms with Crippen molar-refractivity contribution in [2.24, 2.45) is 5.73 Å². The Bertz CT molecular complexity index is 575. The van der Waals surface area contributed by atoms with Crippen LogP contribution in [0.4, 0.5) is 0 Å². The summed E-state index contributed by atoms with van der Waals surface area (Å²) < 4.78 is 10.6. The number of nitrogens with zero attached hydrogens (tertiary/aromatic N) is 1. The van der Waals surface area contributed by atoms with E-state index >= 15 is 0 Å². The minimum Gasteiger partial charge on any atom is -0.481 e. The lowest BCUT2D eigenvalue weighted by Crippen LogP contribution is -2.47. The molecule has 22 heavy (non-hydrogen) atoms. The van der Waals surface area contributed by atoms with Gasteiger partial charge in [0.25, 0.3) is 0 Å². The lowest BCUT2D eigenvalue weighted by atomic mass is 10.0.